The van der Waals surface area contributed by atoms with Gasteiger partial charge < -0.3 is 5.32 Å². The fraction of sp³-hybridized carbons (Fsp3) is 0.400. The molecule has 66 valence electrons. The van der Waals surface area contributed by atoms with Crippen LogP contribution in [0.5, 0.6) is 0 Å². The van der Waals surface area contributed by atoms with Crippen LogP contribution in [0, 0.1) is 11.3 Å². The summed E-state index contributed by atoms with van der Waals surface area (Å²) in [5.41, 5.74) is 2.62. The molecule has 3 heteroatoms. The molecule has 0 aliphatic carbocycles. The third-order valence-corrected chi connectivity index (χ3v) is 2.40. The highest BCUT2D eigenvalue weighted by Crippen LogP contribution is 2.29. The number of anilines is 1. The van der Waals surface area contributed by atoms with E-state index in [-0.39, 0.29) is 0 Å². The van der Waals surface area contributed by atoms with Crippen LogP contribution in [0.15, 0.2) is 12.1 Å². The van der Waals surface area contributed by atoms with E-state index in [0.29, 0.717) is 11.6 Å². The van der Waals surface area contributed by atoms with E-state index >= 15 is 0 Å². The van der Waals surface area contributed by atoms with Crippen molar-refractivity contribution in [3.63, 3.8) is 0 Å². The molecule has 2 heterocycles. The van der Waals surface area contributed by atoms with Gasteiger partial charge in [0.25, 0.3) is 0 Å². The van der Waals surface area contributed by atoms with E-state index in [2.05, 4.69) is 23.3 Å². The van der Waals surface area contributed by atoms with Gasteiger partial charge in [-0.15, -0.1) is 0 Å². The lowest BCUT2D eigenvalue weighted by molar-refractivity contribution is 0.660. The quantitative estimate of drug-likeness (QED) is 0.651. The highest BCUT2D eigenvalue weighted by atomic mass is 14.9. The van der Waals surface area contributed by atoms with Crippen molar-refractivity contribution < 1.29 is 0 Å². The molecule has 2 rings (SSSR count). The van der Waals surface area contributed by atoms with Crippen LogP contribution in [0.25, 0.3) is 0 Å². The smallest absolute Gasteiger partial charge is 0.140 e. The maximum Gasteiger partial charge on any atom is 0.140 e. The van der Waals surface area contributed by atoms with Gasteiger partial charge in [0.1, 0.15) is 11.8 Å². The summed E-state index contributed by atoms with van der Waals surface area (Å²) in [6, 6.07) is 5.75. The predicted molar refractivity (Wildman–Crippen MR) is 50.5 cm³/mol. The SMILES string of the molecule is C[C@H]1CCNc2ccc(C#N)nc21. The lowest BCUT2D eigenvalue weighted by Crippen LogP contribution is -2.16. The minimum Gasteiger partial charge on any atom is -0.384 e. The highest BCUT2D eigenvalue weighted by molar-refractivity contribution is 5.52. The van der Waals surface area contributed by atoms with Gasteiger partial charge in [-0.25, -0.2) is 4.98 Å². The molecular weight excluding hydrogens is 162 g/mol. The lowest BCUT2D eigenvalue weighted by atomic mass is 9.98. The molecule has 1 N–H and O–H groups in total. The summed E-state index contributed by atoms with van der Waals surface area (Å²) in [7, 11) is 0. The Morgan fingerprint density at radius 2 is 2.46 bits per heavy atom. The van der Waals surface area contributed by atoms with Crippen molar-refractivity contribution in [3.8, 4) is 6.07 Å². The Labute approximate surface area is 77.4 Å². The average molecular weight is 173 g/mol. The number of fused-ring (bicyclic) bond motifs is 1. The van der Waals surface area contributed by atoms with E-state index in [4.69, 9.17) is 5.26 Å². The summed E-state index contributed by atoms with van der Waals surface area (Å²) >= 11 is 0. The van der Waals surface area contributed by atoms with Crippen LogP contribution >= 0.6 is 0 Å². The molecule has 0 saturated carbocycles. The summed E-state index contributed by atoms with van der Waals surface area (Å²) in [5, 5.41) is 12.0. The molecular formula is C10H11N3. The summed E-state index contributed by atoms with van der Waals surface area (Å²) in [5.74, 6) is 0.463. The third-order valence-electron chi connectivity index (χ3n) is 2.40. The van der Waals surface area contributed by atoms with Gasteiger partial charge in [-0.1, -0.05) is 6.92 Å². The van der Waals surface area contributed by atoms with Gasteiger partial charge in [0.15, 0.2) is 0 Å². The molecule has 0 radical (unpaired) electrons. The maximum atomic E-state index is 8.69. The Balaban J connectivity index is 2.48. The molecule has 1 aromatic heterocycles. The molecule has 0 spiro atoms. The molecule has 0 fully saturated rings. The normalized spacial score (nSPS) is 19.8. The van der Waals surface area contributed by atoms with Gasteiger partial charge >= 0.3 is 0 Å². The Morgan fingerprint density at radius 1 is 1.62 bits per heavy atom. The lowest BCUT2D eigenvalue weighted by Gasteiger charge is -2.22. The zero-order chi connectivity index (χ0) is 9.26. The second-order valence-electron chi connectivity index (χ2n) is 3.36. The van der Waals surface area contributed by atoms with Gasteiger partial charge in [0.2, 0.25) is 0 Å². The number of aromatic nitrogens is 1. The Kier molecular flexibility index (Phi) is 1.90. The van der Waals surface area contributed by atoms with Crippen LogP contribution in [0.1, 0.15) is 30.7 Å². The van der Waals surface area contributed by atoms with E-state index in [9.17, 15) is 0 Å². The van der Waals surface area contributed by atoms with Crippen LogP contribution in [0.2, 0.25) is 0 Å². The Morgan fingerprint density at radius 3 is 3.23 bits per heavy atom. The van der Waals surface area contributed by atoms with E-state index in [1.165, 1.54) is 0 Å². The first-order chi connectivity index (χ1) is 6.31. The molecule has 1 aliphatic rings. The fourth-order valence-electron chi connectivity index (χ4n) is 1.62. The topological polar surface area (TPSA) is 48.7 Å². The summed E-state index contributed by atoms with van der Waals surface area (Å²) in [4.78, 5) is 4.29. The average Bonchev–Trinajstić information content (AvgIpc) is 2.18. The van der Waals surface area contributed by atoms with Crippen molar-refractivity contribution in [3.05, 3.63) is 23.5 Å². The monoisotopic (exact) mass is 173 g/mol. The molecule has 1 atom stereocenters. The molecule has 3 nitrogen and oxygen atoms in total. The number of rotatable bonds is 0. The van der Waals surface area contributed by atoms with Crippen molar-refractivity contribution in [1.82, 2.24) is 4.98 Å². The molecule has 0 amide bonds. The van der Waals surface area contributed by atoms with E-state index in [1.54, 1.807) is 6.07 Å². The minimum absolute atomic E-state index is 0.463. The van der Waals surface area contributed by atoms with Gasteiger partial charge in [-0.2, -0.15) is 5.26 Å². The van der Waals surface area contributed by atoms with Crippen LogP contribution in [-0.4, -0.2) is 11.5 Å². The molecule has 1 aliphatic heterocycles. The van der Waals surface area contributed by atoms with Crippen molar-refractivity contribution >= 4 is 5.69 Å². The number of nitrogens with one attached hydrogen (secondary N) is 1. The molecule has 0 unspecified atom stereocenters. The zero-order valence-electron chi connectivity index (χ0n) is 7.54. The zero-order valence-corrected chi connectivity index (χ0v) is 7.54. The number of nitriles is 1. The maximum absolute atomic E-state index is 8.69. The summed E-state index contributed by atoms with van der Waals surface area (Å²) in [6.45, 7) is 3.15. The fourth-order valence-corrected chi connectivity index (χ4v) is 1.62. The van der Waals surface area contributed by atoms with Crippen molar-refractivity contribution in [2.45, 2.75) is 19.3 Å². The van der Waals surface area contributed by atoms with E-state index < -0.39 is 0 Å². The number of pyridine rings is 1. The number of nitrogens with zero attached hydrogens (tertiary/aromatic N) is 2. The highest BCUT2D eigenvalue weighted by Gasteiger charge is 2.17. The second-order valence-corrected chi connectivity index (χ2v) is 3.36. The van der Waals surface area contributed by atoms with Crippen molar-refractivity contribution in [1.29, 1.82) is 5.26 Å². The van der Waals surface area contributed by atoms with Crippen molar-refractivity contribution in [2.75, 3.05) is 11.9 Å². The molecule has 1 aromatic rings. The molecule has 0 aromatic carbocycles. The largest absolute Gasteiger partial charge is 0.384 e. The van der Waals surface area contributed by atoms with E-state index in [0.717, 1.165) is 24.3 Å². The summed E-state index contributed by atoms with van der Waals surface area (Å²) in [6.07, 6.45) is 1.09. The first kappa shape index (κ1) is 8.06. The van der Waals surface area contributed by atoms with Gasteiger partial charge in [0.05, 0.1) is 11.4 Å². The molecule has 0 saturated heterocycles. The standard InChI is InChI=1S/C10H11N3/c1-7-4-5-12-9-3-2-8(6-11)13-10(7)9/h2-3,7,12H,4-5H2,1H3/t7-/m0/s1. The first-order valence-electron chi connectivity index (χ1n) is 4.46. The first-order valence-corrected chi connectivity index (χ1v) is 4.46. The second kappa shape index (κ2) is 3.06. The number of hydrogen-bond acceptors (Lipinski definition) is 3. The number of hydrogen-bond donors (Lipinski definition) is 1. The van der Waals surface area contributed by atoms with Crippen LogP contribution in [0.3, 0.4) is 0 Å². The molecule has 0 bridgehead atoms. The minimum atomic E-state index is 0.463. The van der Waals surface area contributed by atoms with Gasteiger partial charge in [-0.05, 0) is 18.6 Å². The van der Waals surface area contributed by atoms with E-state index in [1.807, 2.05) is 6.07 Å². The van der Waals surface area contributed by atoms with Crippen LogP contribution in [-0.2, 0) is 0 Å². The Bertz CT molecular complexity index is 365. The van der Waals surface area contributed by atoms with Gasteiger partial charge in [-0.3, -0.25) is 0 Å². The van der Waals surface area contributed by atoms with Crippen LogP contribution in [0.4, 0.5) is 5.69 Å². The Hall–Kier alpha value is -1.56. The molecule has 13 heavy (non-hydrogen) atoms. The predicted octanol–water partition coefficient (Wildman–Crippen LogP) is 1.87. The summed E-state index contributed by atoms with van der Waals surface area (Å²) < 4.78 is 0. The third kappa shape index (κ3) is 1.35. The van der Waals surface area contributed by atoms with Crippen molar-refractivity contribution in [2.24, 2.45) is 0 Å². The van der Waals surface area contributed by atoms with Crippen LogP contribution < -0.4 is 5.32 Å². The van der Waals surface area contributed by atoms with Gasteiger partial charge in [0, 0.05) is 12.5 Å².